The van der Waals surface area contributed by atoms with Crippen LogP contribution >= 0.6 is 23.2 Å². The minimum absolute atomic E-state index is 0.0966. The molecule has 1 heterocycles. The summed E-state index contributed by atoms with van der Waals surface area (Å²) in [6, 6.07) is 9.36. The average molecular weight is 394 g/mol. The molecule has 0 bridgehead atoms. The summed E-state index contributed by atoms with van der Waals surface area (Å²) in [5.41, 5.74) is 2.53. The first kappa shape index (κ1) is 18.5. The second-order valence-corrected chi connectivity index (χ2v) is 7.03. The molecule has 0 spiro atoms. The van der Waals surface area contributed by atoms with E-state index in [1.54, 1.807) is 18.2 Å². The number of ether oxygens (including phenoxy) is 1. The van der Waals surface area contributed by atoms with Crippen molar-refractivity contribution in [1.82, 2.24) is 5.32 Å². The highest BCUT2D eigenvalue weighted by Gasteiger charge is 2.21. The van der Waals surface area contributed by atoms with Crippen molar-refractivity contribution in [2.75, 3.05) is 6.61 Å². The molecule has 1 amide bonds. The van der Waals surface area contributed by atoms with E-state index < -0.39 is 12.0 Å². The summed E-state index contributed by atoms with van der Waals surface area (Å²) in [5.74, 6) is -0.628. The third-order valence-electron chi connectivity index (χ3n) is 4.11. The third-order valence-corrected chi connectivity index (χ3v) is 4.55. The molecule has 0 radical (unpaired) electrons. The van der Waals surface area contributed by atoms with E-state index in [0.29, 0.717) is 22.2 Å². The van der Waals surface area contributed by atoms with Crippen molar-refractivity contribution in [3.63, 3.8) is 0 Å². The molecule has 3 rings (SSSR count). The zero-order chi connectivity index (χ0) is 18.7. The van der Waals surface area contributed by atoms with Crippen LogP contribution in [0, 0.1) is 0 Å². The summed E-state index contributed by atoms with van der Waals surface area (Å²) in [5, 5.41) is 12.8. The summed E-state index contributed by atoms with van der Waals surface area (Å²) in [7, 11) is 0. The van der Waals surface area contributed by atoms with Gasteiger partial charge in [0.05, 0.1) is 13.0 Å². The van der Waals surface area contributed by atoms with Gasteiger partial charge < -0.3 is 15.2 Å². The van der Waals surface area contributed by atoms with E-state index >= 15 is 0 Å². The normalized spacial score (nSPS) is 13.6. The number of nitrogens with one attached hydrogen (secondary N) is 1. The molecule has 1 atom stereocenters. The van der Waals surface area contributed by atoms with Crippen LogP contribution in [0.2, 0.25) is 10.0 Å². The van der Waals surface area contributed by atoms with E-state index in [4.69, 9.17) is 27.9 Å². The molecule has 26 heavy (non-hydrogen) atoms. The van der Waals surface area contributed by atoms with Crippen molar-refractivity contribution in [2.24, 2.45) is 0 Å². The molecular weight excluding hydrogens is 377 g/mol. The van der Waals surface area contributed by atoms with Gasteiger partial charge in [-0.1, -0.05) is 35.3 Å². The van der Waals surface area contributed by atoms with Crippen LogP contribution in [0.4, 0.5) is 0 Å². The van der Waals surface area contributed by atoms with Crippen molar-refractivity contribution in [3.05, 3.63) is 63.1 Å². The van der Waals surface area contributed by atoms with Crippen molar-refractivity contribution in [3.8, 4) is 5.75 Å². The van der Waals surface area contributed by atoms with E-state index in [-0.39, 0.29) is 18.7 Å². The number of fused-ring (bicyclic) bond motifs is 1. The van der Waals surface area contributed by atoms with Gasteiger partial charge in [-0.25, -0.2) is 4.79 Å². The van der Waals surface area contributed by atoms with Gasteiger partial charge in [-0.2, -0.15) is 0 Å². The number of carbonyl (C=O) groups is 2. The number of hydrogen-bond acceptors (Lipinski definition) is 3. The van der Waals surface area contributed by atoms with Gasteiger partial charge in [0.25, 0.3) is 0 Å². The van der Waals surface area contributed by atoms with E-state index in [1.807, 2.05) is 18.2 Å². The fourth-order valence-electron chi connectivity index (χ4n) is 2.95. The number of carboxylic acid groups (broad SMARTS) is 1. The van der Waals surface area contributed by atoms with Gasteiger partial charge in [0.2, 0.25) is 5.91 Å². The summed E-state index contributed by atoms with van der Waals surface area (Å²) in [6.45, 7) is 0.647. The number of aliphatic carboxylic acids is 1. The predicted octanol–water partition coefficient (Wildman–Crippen LogP) is 3.28. The Hall–Kier alpha value is -2.24. The fourth-order valence-corrected chi connectivity index (χ4v) is 3.52. The first-order chi connectivity index (χ1) is 12.4. The van der Waals surface area contributed by atoms with Crippen LogP contribution < -0.4 is 10.1 Å². The summed E-state index contributed by atoms with van der Waals surface area (Å²) >= 11 is 11.9. The van der Waals surface area contributed by atoms with E-state index in [2.05, 4.69) is 5.32 Å². The Kier molecular flexibility index (Phi) is 5.69. The molecule has 0 fully saturated rings. The minimum atomic E-state index is -1.11. The molecule has 0 aromatic heterocycles. The van der Waals surface area contributed by atoms with Crippen molar-refractivity contribution in [1.29, 1.82) is 0 Å². The molecule has 2 aromatic rings. The molecule has 1 unspecified atom stereocenters. The monoisotopic (exact) mass is 393 g/mol. The highest BCUT2D eigenvalue weighted by molar-refractivity contribution is 6.34. The number of carbonyl (C=O) groups excluding carboxylic acids is 1. The molecule has 2 N–H and O–H groups in total. The highest BCUT2D eigenvalue weighted by Crippen LogP contribution is 2.26. The lowest BCUT2D eigenvalue weighted by Gasteiger charge is -2.15. The summed E-state index contributed by atoms with van der Waals surface area (Å²) < 4.78 is 5.44. The quantitative estimate of drug-likeness (QED) is 0.789. The topological polar surface area (TPSA) is 75.6 Å². The molecule has 0 aliphatic carbocycles. The van der Waals surface area contributed by atoms with Gasteiger partial charge >= 0.3 is 5.97 Å². The molecule has 1 aliphatic heterocycles. The van der Waals surface area contributed by atoms with E-state index in [9.17, 15) is 14.7 Å². The van der Waals surface area contributed by atoms with Crippen LogP contribution in [-0.4, -0.2) is 29.6 Å². The van der Waals surface area contributed by atoms with Crippen molar-refractivity contribution in [2.45, 2.75) is 25.3 Å². The maximum absolute atomic E-state index is 12.3. The lowest BCUT2D eigenvalue weighted by atomic mass is 10.0. The zero-order valence-electron chi connectivity index (χ0n) is 13.8. The van der Waals surface area contributed by atoms with Crippen molar-refractivity contribution < 1.29 is 19.4 Å². The predicted molar refractivity (Wildman–Crippen MR) is 99.1 cm³/mol. The van der Waals surface area contributed by atoms with Gasteiger partial charge in [0.1, 0.15) is 11.8 Å². The van der Waals surface area contributed by atoms with Gasteiger partial charge in [0, 0.05) is 22.9 Å². The standard InChI is InChI=1S/C19H17Cl2NO4/c20-14-6-12(7-15(21)10-14)8-16(19(24)25)22-18(23)9-11-1-2-17-13(5-11)3-4-26-17/h1-2,5-7,10,16H,3-4,8-9H2,(H,22,23)(H,24,25). The Bertz CT molecular complexity index is 833. The van der Waals surface area contributed by atoms with Crippen molar-refractivity contribution >= 4 is 35.1 Å². The van der Waals surface area contributed by atoms with Crippen LogP contribution in [0.3, 0.4) is 0 Å². The lowest BCUT2D eigenvalue weighted by molar-refractivity contribution is -0.141. The number of halogens is 2. The minimum Gasteiger partial charge on any atom is -0.493 e. The molecular formula is C19H17Cl2NO4. The second kappa shape index (κ2) is 7.98. The largest absolute Gasteiger partial charge is 0.493 e. The molecule has 2 aromatic carbocycles. The van der Waals surface area contributed by atoms with Gasteiger partial charge in [0.15, 0.2) is 0 Å². The van der Waals surface area contributed by atoms with E-state index in [0.717, 1.165) is 23.3 Å². The maximum atomic E-state index is 12.3. The Morgan fingerprint density at radius 1 is 1.12 bits per heavy atom. The molecule has 0 saturated heterocycles. The number of carboxylic acids is 1. The van der Waals surface area contributed by atoms with E-state index in [1.165, 1.54) is 0 Å². The maximum Gasteiger partial charge on any atom is 0.326 e. The van der Waals surface area contributed by atoms with Gasteiger partial charge in [-0.05, 0) is 41.0 Å². The third kappa shape index (κ3) is 4.68. The SMILES string of the molecule is O=C(Cc1ccc2c(c1)CCO2)NC(Cc1cc(Cl)cc(Cl)c1)C(=O)O. The number of benzene rings is 2. The fraction of sp³-hybridized carbons (Fsp3) is 0.263. The zero-order valence-corrected chi connectivity index (χ0v) is 15.3. The Balaban J connectivity index is 1.65. The Labute approximate surface area is 160 Å². The first-order valence-electron chi connectivity index (χ1n) is 8.12. The molecule has 1 aliphatic rings. The van der Waals surface area contributed by atoms with Crippen LogP contribution in [0.15, 0.2) is 36.4 Å². The molecule has 7 heteroatoms. The molecule has 136 valence electrons. The molecule has 5 nitrogen and oxygen atoms in total. The van der Waals surface area contributed by atoms with Crippen LogP contribution in [0.1, 0.15) is 16.7 Å². The average Bonchev–Trinajstić information content (AvgIpc) is 3.00. The Morgan fingerprint density at radius 2 is 1.85 bits per heavy atom. The second-order valence-electron chi connectivity index (χ2n) is 6.16. The smallest absolute Gasteiger partial charge is 0.326 e. The first-order valence-corrected chi connectivity index (χ1v) is 8.88. The summed E-state index contributed by atoms with van der Waals surface area (Å²) in [4.78, 5) is 23.8. The van der Waals surface area contributed by atoms with Crippen LogP contribution in [0.25, 0.3) is 0 Å². The van der Waals surface area contributed by atoms with Crippen LogP contribution in [-0.2, 0) is 28.9 Å². The van der Waals surface area contributed by atoms with Gasteiger partial charge in [-0.3, -0.25) is 4.79 Å². The summed E-state index contributed by atoms with van der Waals surface area (Å²) in [6.07, 6.45) is 1.02. The van der Waals surface area contributed by atoms with Crippen LogP contribution in [0.5, 0.6) is 5.75 Å². The Morgan fingerprint density at radius 3 is 2.54 bits per heavy atom. The molecule has 0 saturated carbocycles. The lowest BCUT2D eigenvalue weighted by Crippen LogP contribution is -2.43. The van der Waals surface area contributed by atoms with Gasteiger partial charge in [-0.15, -0.1) is 0 Å². The number of amides is 1. The number of rotatable bonds is 6. The highest BCUT2D eigenvalue weighted by atomic mass is 35.5. The number of hydrogen-bond donors (Lipinski definition) is 2.